The summed E-state index contributed by atoms with van der Waals surface area (Å²) in [5.41, 5.74) is 0.613. The molecule has 0 amide bonds. The Hall–Kier alpha value is -1.11. The molecule has 0 aliphatic carbocycles. The topological polar surface area (TPSA) is 83.5 Å². The van der Waals surface area contributed by atoms with Gasteiger partial charge in [0.15, 0.2) is 0 Å². The molecule has 0 aromatic carbocycles. The van der Waals surface area contributed by atoms with Gasteiger partial charge >= 0.3 is 6.16 Å². The lowest BCUT2D eigenvalue weighted by Crippen LogP contribution is -2.48. The zero-order valence-corrected chi connectivity index (χ0v) is 24.2. The first-order valence-corrected chi connectivity index (χ1v) is 16.5. The van der Waals surface area contributed by atoms with Crippen LogP contribution in [0.1, 0.15) is 80.1 Å². The van der Waals surface area contributed by atoms with E-state index in [9.17, 15) is 9.90 Å². The van der Waals surface area contributed by atoms with Gasteiger partial charge in [-0.25, -0.2) is 4.79 Å². The summed E-state index contributed by atoms with van der Waals surface area (Å²) in [6, 6.07) is 0. The van der Waals surface area contributed by atoms with Crippen LogP contribution in [0.3, 0.4) is 0 Å². The molecule has 0 spiro atoms. The third-order valence-corrected chi connectivity index (χ3v) is 8.08. The van der Waals surface area contributed by atoms with E-state index in [0.29, 0.717) is 6.42 Å². The fourth-order valence-corrected chi connectivity index (χ4v) is 5.74. The molecule has 3 saturated heterocycles. The Bertz CT molecular complexity index is 833. The maximum absolute atomic E-state index is 11.9. The van der Waals surface area contributed by atoms with E-state index in [2.05, 4.69) is 45.0 Å². The van der Waals surface area contributed by atoms with Crippen LogP contribution in [0.5, 0.6) is 0 Å². The standard InChI is InChI=1S/C27H46O7Si/c1-24(2,3)34-23(28)30-18-25(4,29)20-13-16-27(6,33-20)22-11-10-21(31-22)26(5)15-12-19(32-26)14-17-35(7,8)9/h19-22,29H,10-13,15-16,18H2,1-9H3/t19-,20-,21-,22+,25+,26+,27-/m0/s1. The van der Waals surface area contributed by atoms with Crippen LogP contribution >= 0.6 is 0 Å². The minimum Gasteiger partial charge on any atom is -0.431 e. The van der Waals surface area contributed by atoms with Crippen molar-refractivity contribution in [2.75, 3.05) is 6.61 Å². The van der Waals surface area contributed by atoms with Gasteiger partial charge in [0.2, 0.25) is 0 Å². The van der Waals surface area contributed by atoms with E-state index >= 15 is 0 Å². The molecule has 7 nitrogen and oxygen atoms in total. The molecule has 35 heavy (non-hydrogen) atoms. The van der Waals surface area contributed by atoms with Gasteiger partial charge in [-0.05, 0) is 80.1 Å². The molecule has 0 unspecified atom stereocenters. The lowest BCUT2D eigenvalue weighted by Gasteiger charge is -2.36. The first kappa shape index (κ1) is 28.5. The quantitative estimate of drug-likeness (QED) is 0.317. The van der Waals surface area contributed by atoms with Crippen LogP contribution in [0.4, 0.5) is 4.79 Å². The molecule has 3 aliphatic rings. The van der Waals surface area contributed by atoms with Crippen molar-refractivity contribution in [2.24, 2.45) is 0 Å². The normalized spacial score (nSPS) is 37.4. The van der Waals surface area contributed by atoms with E-state index in [1.807, 2.05) is 0 Å². The molecule has 0 bridgehead atoms. The smallest absolute Gasteiger partial charge is 0.431 e. The number of aliphatic hydroxyl groups is 1. The zero-order chi connectivity index (χ0) is 26.3. The molecule has 8 heteroatoms. The maximum atomic E-state index is 11.9. The molecule has 3 aliphatic heterocycles. The van der Waals surface area contributed by atoms with E-state index in [0.717, 1.165) is 32.1 Å². The van der Waals surface area contributed by atoms with Crippen LogP contribution in [0, 0.1) is 11.5 Å². The van der Waals surface area contributed by atoms with E-state index < -0.39 is 37.1 Å². The van der Waals surface area contributed by atoms with Gasteiger partial charge < -0.3 is 28.8 Å². The minimum absolute atomic E-state index is 0.00154. The highest BCUT2D eigenvalue weighted by atomic mass is 28.3. The van der Waals surface area contributed by atoms with Crippen LogP contribution in [0.15, 0.2) is 0 Å². The van der Waals surface area contributed by atoms with Gasteiger partial charge in [-0.3, -0.25) is 0 Å². The monoisotopic (exact) mass is 510 g/mol. The van der Waals surface area contributed by atoms with Crippen molar-refractivity contribution in [3.63, 3.8) is 0 Å². The third-order valence-electron chi connectivity index (χ3n) is 7.18. The summed E-state index contributed by atoms with van der Waals surface area (Å²) in [6.07, 6.45) is 3.75. The van der Waals surface area contributed by atoms with E-state index in [1.54, 1.807) is 27.7 Å². The molecular weight excluding hydrogens is 464 g/mol. The van der Waals surface area contributed by atoms with Gasteiger partial charge in [-0.15, -0.1) is 5.54 Å². The molecule has 1 N–H and O–H groups in total. The molecule has 200 valence electrons. The Balaban J connectivity index is 1.54. The molecule has 0 radical (unpaired) electrons. The summed E-state index contributed by atoms with van der Waals surface area (Å²) in [4.78, 5) is 11.9. The van der Waals surface area contributed by atoms with Crippen LogP contribution in [-0.4, -0.2) is 72.8 Å². The highest BCUT2D eigenvalue weighted by Crippen LogP contribution is 2.46. The predicted molar refractivity (Wildman–Crippen MR) is 137 cm³/mol. The van der Waals surface area contributed by atoms with Crippen molar-refractivity contribution in [3.05, 3.63) is 0 Å². The number of rotatable bonds is 5. The van der Waals surface area contributed by atoms with E-state index in [1.165, 1.54) is 0 Å². The van der Waals surface area contributed by atoms with Crippen molar-refractivity contribution < 1.29 is 33.6 Å². The highest BCUT2D eigenvalue weighted by molar-refractivity contribution is 6.83. The van der Waals surface area contributed by atoms with Crippen molar-refractivity contribution in [1.82, 2.24) is 0 Å². The molecule has 3 heterocycles. The fraction of sp³-hybridized carbons (Fsp3) is 0.889. The number of carbonyl (C=O) groups excluding carboxylic acids is 1. The second-order valence-electron chi connectivity index (χ2n) is 13.2. The number of hydrogen-bond donors (Lipinski definition) is 1. The Morgan fingerprint density at radius 3 is 2.14 bits per heavy atom. The molecule has 7 atom stereocenters. The lowest BCUT2D eigenvalue weighted by molar-refractivity contribution is -0.192. The Kier molecular flexibility index (Phi) is 8.11. The van der Waals surface area contributed by atoms with Gasteiger partial charge in [0.1, 0.15) is 32.0 Å². The molecular formula is C27H46O7Si. The fourth-order valence-electron chi connectivity index (χ4n) is 5.14. The Morgan fingerprint density at radius 1 is 1.00 bits per heavy atom. The van der Waals surface area contributed by atoms with Crippen LogP contribution in [-0.2, 0) is 23.7 Å². The minimum atomic E-state index is -1.43. The first-order valence-electron chi connectivity index (χ1n) is 13.0. The average molecular weight is 511 g/mol. The van der Waals surface area contributed by atoms with Crippen molar-refractivity contribution in [1.29, 1.82) is 0 Å². The van der Waals surface area contributed by atoms with E-state index in [4.69, 9.17) is 23.7 Å². The van der Waals surface area contributed by atoms with Crippen LogP contribution < -0.4 is 0 Å². The van der Waals surface area contributed by atoms with Crippen molar-refractivity contribution in [3.8, 4) is 11.5 Å². The maximum Gasteiger partial charge on any atom is 0.508 e. The van der Waals surface area contributed by atoms with Gasteiger partial charge in [0.25, 0.3) is 0 Å². The molecule has 0 saturated carbocycles. The second kappa shape index (κ2) is 9.98. The highest BCUT2D eigenvalue weighted by Gasteiger charge is 2.54. The van der Waals surface area contributed by atoms with Gasteiger partial charge in [0, 0.05) is 0 Å². The molecule has 3 fully saturated rings. The largest absolute Gasteiger partial charge is 0.508 e. The van der Waals surface area contributed by atoms with Gasteiger partial charge in [0.05, 0.1) is 29.5 Å². The second-order valence-corrected chi connectivity index (χ2v) is 18.0. The summed E-state index contributed by atoms with van der Waals surface area (Å²) in [7, 11) is -1.43. The summed E-state index contributed by atoms with van der Waals surface area (Å²) in [6.45, 7) is 17.7. The molecule has 3 rings (SSSR count). The van der Waals surface area contributed by atoms with E-state index in [-0.39, 0.29) is 30.5 Å². The van der Waals surface area contributed by atoms with Crippen molar-refractivity contribution in [2.45, 2.75) is 147 Å². The average Bonchev–Trinajstić information content (AvgIpc) is 3.43. The Morgan fingerprint density at radius 2 is 1.57 bits per heavy atom. The molecule has 0 aromatic heterocycles. The zero-order valence-electron chi connectivity index (χ0n) is 23.2. The number of hydrogen-bond acceptors (Lipinski definition) is 7. The van der Waals surface area contributed by atoms with Gasteiger partial charge in [-0.2, -0.15) is 0 Å². The van der Waals surface area contributed by atoms with Crippen LogP contribution in [0.25, 0.3) is 0 Å². The first-order chi connectivity index (χ1) is 15.9. The summed E-state index contributed by atoms with van der Waals surface area (Å²) in [5.74, 6) is 3.37. The summed E-state index contributed by atoms with van der Waals surface area (Å²) in [5, 5.41) is 11.0. The van der Waals surface area contributed by atoms with Gasteiger partial charge in [-0.1, -0.05) is 25.6 Å². The third kappa shape index (κ3) is 7.45. The summed E-state index contributed by atoms with van der Waals surface area (Å²) < 4.78 is 29.8. The lowest BCUT2D eigenvalue weighted by atomic mass is 9.90. The summed E-state index contributed by atoms with van der Waals surface area (Å²) >= 11 is 0. The SMILES string of the molecule is CC(C)(C)OC(=O)OC[C@@](C)(O)[C@@H]1CC[C@@](C)([C@H]2CC[C@@H]([C@@]3(C)CC[C@@H](C#C[Si](C)(C)C)O3)O2)O1. The molecule has 0 aromatic rings. The van der Waals surface area contributed by atoms with Crippen LogP contribution in [0.2, 0.25) is 19.6 Å². The van der Waals surface area contributed by atoms with Crippen molar-refractivity contribution >= 4 is 14.2 Å². The Labute approximate surface area is 212 Å². The number of ether oxygens (including phenoxy) is 5. The predicted octanol–water partition coefficient (Wildman–Crippen LogP) is 4.99. The number of carbonyl (C=O) groups is 1.